The molecule has 0 unspecified atom stereocenters. The number of nitrogen functional groups attached to an aromatic ring is 1. The standard InChI is InChI=1S/C11H10BrN3S/c1-7-3-2-4-8(5-7)16-10-9(12)6-14-11(13)15-10/h2-6H,1H3,(H2,13,14,15). The summed E-state index contributed by atoms with van der Waals surface area (Å²) in [4.78, 5) is 9.22. The molecule has 0 radical (unpaired) electrons. The number of hydrogen-bond donors (Lipinski definition) is 1. The lowest BCUT2D eigenvalue weighted by atomic mass is 10.2. The Labute approximate surface area is 107 Å². The largest absolute Gasteiger partial charge is 0.368 e. The monoisotopic (exact) mass is 295 g/mol. The molecular weight excluding hydrogens is 286 g/mol. The topological polar surface area (TPSA) is 51.8 Å². The summed E-state index contributed by atoms with van der Waals surface area (Å²) in [6, 6.07) is 8.24. The van der Waals surface area contributed by atoms with Crippen LogP contribution in [0.5, 0.6) is 0 Å². The zero-order valence-electron chi connectivity index (χ0n) is 8.64. The molecule has 82 valence electrons. The minimum atomic E-state index is 0.290. The van der Waals surface area contributed by atoms with Crippen LogP contribution in [0.25, 0.3) is 0 Å². The molecule has 0 saturated carbocycles. The number of halogens is 1. The Morgan fingerprint density at radius 3 is 2.94 bits per heavy atom. The van der Waals surface area contributed by atoms with Crippen LogP contribution in [0.2, 0.25) is 0 Å². The van der Waals surface area contributed by atoms with Gasteiger partial charge in [-0.1, -0.05) is 29.5 Å². The summed E-state index contributed by atoms with van der Waals surface area (Å²) in [5, 5.41) is 0.832. The minimum absolute atomic E-state index is 0.290. The quantitative estimate of drug-likeness (QED) is 0.864. The van der Waals surface area contributed by atoms with Crippen LogP contribution < -0.4 is 5.73 Å². The number of nitrogens with two attached hydrogens (primary N) is 1. The Hall–Kier alpha value is -1.07. The first-order valence-electron chi connectivity index (χ1n) is 4.67. The van der Waals surface area contributed by atoms with E-state index in [4.69, 9.17) is 5.73 Å². The van der Waals surface area contributed by atoms with E-state index in [0.29, 0.717) is 5.95 Å². The summed E-state index contributed by atoms with van der Waals surface area (Å²) in [6.07, 6.45) is 1.67. The van der Waals surface area contributed by atoms with Crippen LogP contribution in [0, 0.1) is 6.92 Å². The zero-order chi connectivity index (χ0) is 11.5. The molecule has 5 heteroatoms. The van der Waals surface area contributed by atoms with E-state index in [1.165, 1.54) is 5.56 Å². The van der Waals surface area contributed by atoms with Gasteiger partial charge >= 0.3 is 0 Å². The molecule has 0 aliphatic carbocycles. The van der Waals surface area contributed by atoms with Crippen molar-refractivity contribution in [3.8, 4) is 0 Å². The summed E-state index contributed by atoms with van der Waals surface area (Å²) < 4.78 is 0.855. The number of aromatic nitrogens is 2. The van der Waals surface area contributed by atoms with Crippen molar-refractivity contribution in [3.05, 3.63) is 40.5 Å². The summed E-state index contributed by atoms with van der Waals surface area (Å²) in [7, 11) is 0. The van der Waals surface area contributed by atoms with E-state index in [9.17, 15) is 0 Å². The molecule has 2 aromatic rings. The lowest BCUT2D eigenvalue weighted by Gasteiger charge is -2.04. The highest BCUT2D eigenvalue weighted by molar-refractivity contribution is 9.10. The third-order valence-electron chi connectivity index (χ3n) is 1.93. The SMILES string of the molecule is Cc1cccc(Sc2nc(N)ncc2Br)c1. The number of nitrogens with zero attached hydrogens (tertiary/aromatic N) is 2. The van der Waals surface area contributed by atoms with Crippen LogP contribution in [-0.4, -0.2) is 9.97 Å². The lowest BCUT2D eigenvalue weighted by molar-refractivity contribution is 1.04. The van der Waals surface area contributed by atoms with Crippen molar-refractivity contribution in [1.29, 1.82) is 0 Å². The molecule has 0 aliphatic heterocycles. The summed E-state index contributed by atoms with van der Waals surface area (Å²) >= 11 is 4.97. The maximum atomic E-state index is 5.55. The molecule has 2 rings (SSSR count). The van der Waals surface area contributed by atoms with E-state index >= 15 is 0 Å². The average Bonchev–Trinajstić information content (AvgIpc) is 2.24. The molecule has 1 aromatic heterocycles. The van der Waals surface area contributed by atoms with E-state index in [-0.39, 0.29) is 0 Å². The third-order valence-corrected chi connectivity index (χ3v) is 3.77. The first-order chi connectivity index (χ1) is 7.65. The van der Waals surface area contributed by atoms with Crippen molar-refractivity contribution in [2.75, 3.05) is 5.73 Å². The smallest absolute Gasteiger partial charge is 0.221 e. The van der Waals surface area contributed by atoms with Crippen LogP contribution in [0.3, 0.4) is 0 Å². The predicted molar refractivity (Wildman–Crippen MR) is 69.4 cm³/mol. The van der Waals surface area contributed by atoms with Gasteiger partial charge in [-0.15, -0.1) is 0 Å². The fourth-order valence-electron chi connectivity index (χ4n) is 1.23. The van der Waals surface area contributed by atoms with E-state index in [2.05, 4.69) is 45.0 Å². The van der Waals surface area contributed by atoms with Gasteiger partial charge in [0.2, 0.25) is 5.95 Å². The number of anilines is 1. The van der Waals surface area contributed by atoms with Gasteiger partial charge < -0.3 is 5.73 Å². The molecule has 0 bridgehead atoms. The van der Waals surface area contributed by atoms with Crippen LogP contribution >= 0.6 is 27.7 Å². The van der Waals surface area contributed by atoms with Crippen molar-refractivity contribution < 1.29 is 0 Å². The highest BCUT2D eigenvalue weighted by atomic mass is 79.9. The maximum Gasteiger partial charge on any atom is 0.221 e. The van der Waals surface area contributed by atoms with Crippen LogP contribution in [0.4, 0.5) is 5.95 Å². The molecular formula is C11H10BrN3S. The zero-order valence-corrected chi connectivity index (χ0v) is 11.0. The second-order valence-corrected chi connectivity index (χ2v) is 5.22. The molecule has 1 heterocycles. The van der Waals surface area contributed by atoms with Gasteiger partial charge in [0, 0.05) is 11.1 Å². The van der Waals surface area contributed by atoms with E-state index in [0.717, 1.165) is 14.4 Å². The van der Waals surface area contributed by atoms with Gasteiger partial charge in [0.05, 0.1) is 4.47 Å². The van der Waals surface area contributed by atoms with Gasteiger partial charge in [0.15, 0.2) is 0 Å². The highest BCUT2D eigenvalue weighted by Gasteiger charge is 2.05. The predicted octanol–water partition coefficient (Wildman–Crippen LogP) is 3.28. The van der Waals surface area contributed by atoms with Crippen molar-refractivity contribution in [2.24, 2.45) is 0 Å². The van der Waals surface area contributed by atoms with Crippen LogP contribution in [0.1, 0.15) is 5.56 Å². The molecule has 0 spiro atoms. The first-order valence-corrected chi connectivity index (χ1v) is 6.28. The molecule has 0 saturated heterocycles. The normalized spacial score (nSPS) is 10.4. The number of hydrogen-bond acceptors (Lipinski definition) is 4. The second kappa shape index (κ2) is 4.84. The summed E-state index contributed by atoms with van der Waals surface area (Å²) in [5.41, 5.74) is 6.78. The van der Waals surface area contributed by atoms with Gasteiger partial charge in [-0.3, -0.25) is 0 Å². The molecule has 0 atom stereocenters. The Kier molecular flexibility index (Phi) is 3.46. The fraction of sp³-hybridized carbons (Fsp3) is 0.0909. The average molecular weight is 296 g/mol. The van der Waals surface area contributed by atoms with Crippen molar-refractivity contribution in [3.63, 3.8) is 0 Å². The maximum absolute atomic E-state index is 5.55. The molecule has 0 fully saturated rings. The van der Waals surface area contributed by atoms with Gasteiger partial charge in [-0.25, -0.2) is 9.97 Å². The van der Waals surface area contributed by atoms with Gasteiger partial charge in [0.1, 0.15) is 5.03 Å². The molecule has 3 nitrogen and oxygen atoms in total. The highest BCUT2D eigenvalue weighted by Crippen LogP contribution is 2.31. The second-order valence-electron chi connectivity index (χ2n) is 3.30. The lowest BCUT2D eigenvalue weighted by Crippen LogP contribution is -1.95. The summed E-state index contributed by atoms with van der Waals surface area (Å²) in [6.45, 7) is 2.06. The molecule has 1 aromatic carbocycles. The molecule has 16 heavy (non-hydrogen) atoms. The number of rotatable bonds is 2. The van der Waals surface area contributed by atoms with Gasteiger partial charge in [-0.05, 0) is 35.0 Å². The Morgan fingerprint density at radius 2 is 2.19 bits per heavy atom. The van der Waals surface area contributed by atoms with Gasteiger partial charge in [-0.2, -0.15) is 0 Å². The molecule has 0 amide bonds. The Morgan fingerprint density at radius 1 is 1.38 bits per heavy atom. The van der Waals surface area contributed by atoms with E-state index in [1.54, 1.807) is 18.0 Å². The van der Waals surface area contributed by atoms with Crippen molar-refractivity contribution >= 4 is 33.6 Å². The Balaban J connectivity index is 2.30. The van der Waals surface area contributed by atoms with Crippen molar-refractivity contribution in [2.45, 2.75) is 16.8 Å². The van der Waals surface area contributed by atoms with E-state index < -0.39 is 0 Å². The fourth-order valence-corrected chi connectivity index (χ4v) is 2.56. The number of aryl methyl sites for hydroxylation is 1. The van der Waals surface area contributed by atoms with E-state index in [1.807, 2.05) is 12.1 Å². The summed E-state index contributed by atoms with van der Waals surface area (Å²) in [5.74, 6) is 0.290. The van der Waals surface area contributed by atoms with Crippen molar-refractivity contribution in [1.82, 2.24) is 9.97 Å². The van der Waals surface area contributed by atoms with Gasteiger partial charge in [0.25, 0.3) is 0 Å². The molecule has 2 N–H and O–H groups in total. The number of benzene rings is 1. The first kappa shape index (κ1) is 11.4. The third kappa shape index (κ3) is 2.74. The van der Waals surface area contributed by atoms with Crippen LogP contribution in [-0.2, 0) is 0 Å². The minimum Gasteiger partial charge on any atom is -0.368 e. The molecule has 0 aliphatic rings. The van der Waals surface area contributed by atoms with Crippen LogP contribution in [0.15, 0.2) is 44.9 Å². The Bertz CT molecular complexity index is 516.